The first kappa shape index (κ1) is 28.4. The van der Waals surface area contributed by atoms with Crippen LogP contribution >= 0.6 is 0 Å². The number of hydrazone groups is 1. The summed E-state index contributed by atoms with van der Waals surface area (Å²) < 4.78 is 13.6. The fraction of sp³-hybridized carbons (Fsp3) is 0.171. The van der Waals surface area contributed by atoms with Gasteiger partial charge >= 0.3 is 0 Å². The molecular formula is C35H34N4O3. The highest BCUT2D eigenvalue weighted by Crippen LogP contribution is 2.28. The smallest absolute Gasteiger partial charge is 0.277 e. The van der Waals surface area contributed by atoms with Crippen LogP contribution < -0.4 is 14.9 Å². The van der Waals surface area contributed by atoms with Gasteiger partial charge in [-0.05, 0) is 72.0 Å². The molecule has 4 aromatic carbocycles. The number of aryl methyl sites for hydroxylation is 1. The molecule has 0 bridgehead atoms. The van der Waals surface area contributed by atoms with E-state index in [2.05, 4.69) is 24.4 Å². The number of para-hydroxylation sites is 1. The van der Waals surface area contributed by atoms with Crippen LogP contribution in [0.2, 0.25) is 0 Å². The van der Waals surface area contributed by atoms with E-state index >= 15 is 0 Å². The predicted octanol–water partition coefficient (Wildman–Crippen LogP) is 7.08. The molecule has 5 aromatic rings. The van der Waals surface area contributed by atoms with E-state index in [1.807, 2.05) is 116 Å². The Balaban J connectivity index is 1.29. The first-order valence-electron chi connectivity index (χ1n) is 13.9. The largest absolute Gasteiger partial charge is 0.489 e. The molecule has 0 aliphatic heterocycles. The van der Waals surface area contributed by atoms with Gasteiger partial charge in [-0.15, -0.1) is 0 Å². The van der Waals surface area contributed by atoms with E-state index in [0.29, 0.717) is 12.4 Å². The van der Waals surface area contributed by atoms with Gasteiger partial charge in [0.15, 0.2) is 6.61 Å². The molecule has 0 atom stereocenters. The Kier molecular flexibility index (Phi) is 9.09. The molecule has 5 rings (SSSR count). The predicted molar refractivity (Wildman–Crippen MR) is 166 cm³/mol. The number of rotatable bonds is 11. The number of hydrogen-bond acceptors (Lipinski definition) is 5. The van der Waals surface area contributed by atoms with Crippen LogP contribution in [0.25, 0.3) is 16.9 Å². The second-order valence-electron chi connectivity index (χ2n) is 10.3. The number of ether oxygens (including phenoxy) is 2. The van der Waals surface area contributed by atoms with Crippen molar-refractivity contribution in [2.45, 2.75) is 33.3 Å². The zero-order chi connectivity index (χ0) is 29.3. The Morgan fingerprint density at radius 1 is 0.929 bits per heavy atom. The van der Waals surface area contributed by atoms with Crippen molar-refractivity contribution in [2.75, 3.05) is 6.61 Å². The third kappa shape index (κ3) is 7.31. The van der Waals surface area contributed by atoms with Gasteiger partial charge in [0.2, 0.25) is 0 Å². The molecule has 0 unspecified atom stereocenters. The molecule has 0 aliphatic carbocycles. The molecule has 7 nitrogen and oxygen atoms in total. The van der Waals surface area contributed by atoms with E-state index in [-0.39, 0.29) is 18.4 Å². The van der Waals surface area contributed by atoms with Crippen molar-refractivity contribution in [1.29, 1.82) is 0 Å². The van der Waals surface area contributed by atoms with Gasteiger partial charge in [0.25, 0.3) is 5.91 Å². The summed E-state index contributed by atoms with van der Waals surface area (Å²) in [6.45, 7) is 6.55. The van der Waals surface area contributed by atoms with Gasteiger partial charge in [0.1, 0.15) is 23.8 Å². The van der Waals surface area contributed by atoms with Crippen molar-refractivity contribution >= 4 is 12.1 Å². The van der Waals surface area contributed by atoms with Crippen molar-refractivity contribution in [2.24, 2.45) is 5.10 Å². The van der Waals surface area contributed by atoms with Crippen molar-refractivity contribution in [1.82, 2.24) is 15.2 Å². The molecule has 0 spiro atoms. The maximum absolute atomic E-state index is 12.6. The maximum Gasteiger partial charge on any atom is 0.277 e. The van der Waals surface area contributed by atoms with Crippen LogP contribution in [0.3, 0.4) is 0 Å². The lowest BCUT2D eigenvalue weighted by Gasteiger charge is -2.14. The van der Waals surface area contributed by atoms with Crippen LogP contribution in [0.4, 0.5) is 0 Å². The molecule has 1 N–H and O–H groups in total. The molecule has 0 saturated heterocycles. The summed E-state index contributed by atoms with van der Waals surface area (Å²) in [5, 5.41) is 9.05. The molecule has 7 heteroatoms. The number of aromatic nitrogens is 2. The van der Waals surface area contributed by atoms with Crippen LogP contribution in [0.15, 0.2) is 114 Å². The van der Waals surface area contributed by atoms with E-state index in [1.54, 1.807) is 10.9 Å². The SMILES string of the molecule is Cc1ccc(C(C)C)c(OCC(=O)NN=Cc2cn(-c3ccccc3)nc2-c2ccc(OCc3ccccc3)cc2)c1. The van der Waals surface area contributed by atoms with Crippen molar-refractivity contribution in [3.63, 3.8) is 0 Å². The van der Waals surface area contributed by atoms with Crippen LogP contribution in [0.1, 0.15) is 42.0 Å². The number of hydrogen-bond donors (Lipinski definition) is 1. The van der Waals surface area contributed by atoms with Crippen molar-refractivity contribution < 1.29 is 14.3 Å². The van der Waals surface area contributed by atoms with Crippen molar-refractivity contribution in [3.05, 3.63) is 132 Å². The van der Waals surface area contributed by atoms with Crippen LogP contribution in [0.5, 0.6) is 11.5 Å². The zero-order valence-electron chi connectivity index (χ0n) is 24.0. The molecule has 0 fully saturated rings. The lowest BCUT2D eigenvalue weighted by atomic mass is 10.0. The summed E-state index contributed by atoms with van der Waals surface area (Å²) in [6.07, 6.45) is 3.49. The zero-order valence-corrected chi connectivity index (χ0v) is 24.0. The van der Waals surface area contributed by atoms with E-state index in [0.717, 1.165) is 44.9 Å². The number of nitrogens with zero attached hydrogens (tertiary/aromatic N) is 3. The van der Waals surface area contributed by atoms with Gasteiger partial charge in [-0.2, -0.15) is 10.2 Å². The van der Waals surface area contributed by atoms with Gasteiger partial charge in [-0.1, -0.05) is 74.5 Å². The molecule has 0 aliphatic rings. The average molecular weight is 559 g/mol. The maximum atomic E-state index is 12.6. The topological polar surface area (TPSA) is 77.7 Å². The second kappa shape index (κ2) is 13.5. The highest BCUT2D eigenvalue weighted by Gasteiger charge is 2.13. The fourth-order valence-electron chi connectivity index (χ4n) is 4.46. The first-order chi connectivity index (χ1) is 20.5. The van der Waals surface area contributed by atoms with Crippen molar-refractivity contribution in [3.8, 4) is 28.4 Å². The Morgan fingerprint density at radius 3 is 2.36 bits per heavy atom. The minimum atomic E-state index is -0.348. The lowest BCUT2D eigenvalue weighted by molar-refractivity contribution is -0.123. The standard InChI is InChI=1S/C35H34N4O3/c1-25(2)32-19-14-26(3)20-33(32)42-24-34(40)37-36-21-29-22-39(30-12-8-5-9-13-30)38-35(29)28-15-17-31(18-16-28)41-23-27-10-6-4-7-11-27/h4-22,25H,23-24H2,1-3H3,(H,37,40). The molecule has 1 aromatic heterocycles. The van der Waals surface area contributed by atoms with E-state index < -0.39 is 0 Å². The van der Waals surface area contributed by atoms with Gasteiger partial charge in [-0.3, -0.25) is 4.79 Å². The molecule has 0 saturated carbocycles. The summed E-state index contributed by atoms with van der Waals surface area (Å²) in [4.78, 5) is 12.6. The fourth-order valence-corrected chi connectivity index (χ4v) is 4.46. The number of carbonyl (C=O) groups excluding carboxylic acids is 1. The Morgan fingerprint density at radius 2 is 1.64 bits per heavy atom. The Bertz CT molecular complexity index is 1640. The van der Waals surface area contributed by atoms with Gasteiger partial charge in [0, 0.05) is 17.3 Å². The van der Waals surface area contributed by atoms with E-state index in [9.17, 15) is 4.79 Å². The molecule has 42 heavy (non-hydrogen) atoms. The molecule has 212 valence electrons. The van der Waals surface area contributed by atoms with Gasteiger partial charge in [0.05, 0.1) is 11.9 Å². The number of nitrogens with one attached hydrogen (secondary N) is 1. The summed E-state index contributed by atoms with van der Waals surface area (Å²) >= 11 is 0. The minimum absolute atomic E-state index is 0.138. The van der Waals surface area contributed by atoms with Crippen LogP contribution in [-0.4, -0.2) is 28.5 Å². The summed E-state index contributed by atoms with van der Waals surface area (Å²) in [5.74, 6) is 1.42. The minimum Gasteiger partial charge on any atom is -0.489 e. The second-order valence-corrected chi connectivity index (χ2v) is 10.3. The Labute approximate surface area is 246 Å². The van der Waals surface area contributed by atoms with Gasteiger partial charge in [-0.25, -0.2) is 10.1 Å². The monoisotopic (exact) mass is 558 g/mol. The highest BCUT2D eigenvalue weighted by atomic mass is 16.5. The molecular weight excluding hydrogens is 524 g/mol. The molecule has 1 amide bonds. The number of carbonyl (C=O) groups is 1. The average Bonchev–Trinajstić information content (AvgIpc) is 3.44. The molecule has 0 radical (unpaired) electrons. The number of amides is 1. The summed E-state index contributed by atoms with van der Waals surface area (Å²) in [6, 6.07) is 33.7. The van der Waals surface area contributed by atoms with E-state index in [1.165, 1.54) is 0 Å². The summed E-state index contributed by atoms with van der Waals surface area (Å²) in [7, 11) is 0. The van der Waals surface area contributed by atoms with E-state index in [4.69, 9.17) is 14.6 Å². The normalized spacial score (nSPS) is 11.1. The van der Waals surface area contributed by atoms with Gasteiger partial charge < -0.3 is 9.47 Å². The lowest BCUT2D eigenvalue weighted by Crippen LogP contribution is -2.25. The summed E-state index contributed by atoms with van der Waals surface area (Å²) in [5.41, 5.74) is 9.11. The van der Waals surface area contributed by atoms with Crippen LogP contribution in [0, 0.1) is 6.92 Å². The highest BCUT2D eigenvalue weighted by molar-refractivity contribution is 5.89. The Hall–Kier alpha value is -5.17. The quantitative estimate of drug-likeness (QED) is 0.139. The number of benzene rings is 4. The van der Waals surface area contributed by atoms with Crippen LogP contribution in [-0.2, 0) is 11.4 Å². The third-order valence-electron chi connectivity index (χ3n) is 6.68. The first-order valence-corrected chi connectivity index (χ1v) is 13.9. The third-order valence-corrected chi connectivity index (χ3v) is 6.68. The molecule has 1 heterocycles.